The lowest BCUT2D eigenvalue weighted by Gasteiger charge is -2.05. The molecule has 1 atom stereocenters. The summed E-state index contributed by atoms with van der Waals surface area (Å²) >= 11 is 13.8. The Morgan fingerprint density at radius 1 is 0.649 bits per heavy atom. The highest BCUT2D eigenvalue weighted by atomic mass is 32.3. The summed E-state index contributed by atoms with van der Waals surface area (Å²) in [7, 11) is -0.867. The van der Waals surface area contributed by atoms with Crippen LogP contribution in [0.25, 0.3) is 0 Å². The lowest BCUT2D eigenvalue weighted by molar-refractivity contribution is -0.285. The Kier molecular flexibility index (Phi) is 34.8. The van der Waals surface area contributed by atoms with Gasteiger partial charge < -0.3 is 14.9 Å². The number of carbonyl (C=O) groups excluding carboxylic acids is 2. The first-order chi connectivity index (χ1) is 18.1. The number of ether oxygens (including phenoxy) is 1. The summed E-state index contributed by atoms with van der Waals surface area (Å²) in [5, 5.41) is 21.1. The summed E-state index contributed by atoms with van der Waals surface area (Å²) in [6.07, 6.45) is 0. The fourth-order valence-electron chi connectivity index (χ4n) is 1.75. The SMILES string of the molecule is O=C(CSCSCCS(=O)CSCSCSC(=O)CSCSCCOOCCSCO)OCCSCO. The van der Waals surface area contributed by atoms with E-state index in [1.807, 2.05) is 0 Å². The molecule has 220 valence electrons. The van der Waals surface area contributed by atoms with Crippen LogP contribution < -0.4 is 0 Å². The third-order valence-corrected chi connectivity index (χ3v) is 14.8. The molecular formula is C19H36O8S10. The van der Waals surface area contributed by atoms with Crippen molar-refractivity contribution in [1.29, 1.82) is 0 Å². The van der Waals surface area contributed by atoms with Crippen LogP contribution in [-0.4, -0.2) is 123 Å². The van der Waals surface area contributed by atoms with E-state index < -0.39 is 10.8 Å². The molecule has 0 aromatic rings. The van der Waals surface area contributed by atoms with Crippen LogP contribution in [0, 0.1) is 0 Å². The fourth-order valence-corrected chi connectivity index (χ4v) is 11.7. The number of aliphatic hydroxyl groups is 2. The van der Waals surface area contributed by atoms with Crippen LogP contribution in [0.5, 0.6) is 0 Å². The highest BCUT2D eigenvalue weighted by Crippen LogP contribution is 2.21. The van der Waals surface area contributed by atoms with Crippen molar-refractivity contribution in [3.8, 4) is 0 Å². The average molecular weight is 713 g/mol. The summed E-state index contributed by atoms with van der Waals surface area (Å²) < 4.78 is 17.1. The Labute approximate surface area is 261 Å². The van der Waals surface area contributed by atoms with Crippen LogP contribution in [-0.2, 0) is 34.9 Å². The molecule has 0 amide bonds. The second-order valence-electron chi connectivity index (χ2n) is 6.11. The van der Waals surface area contributed by atoms with E-state index in [2.05, 4.69) is 0 Å². The van der Waals surface area contributed by atoms with Crippen molar-refractivity contribution in [2.24, 2.45) is 0 Å². The van der Waals surface area contributed by atoms with Gasteiger partial charge in [0, 0.05) is 59.9 Å². The maximum absolute atomic E-state index is 12.1. The van der Waals surface area contributed by atoms with Crippen LogP contribution in [0.1, 0.15) is 0 Å². The Bertz CT molecular complexity index is 565. The standard InChI is InChI=1S/C19H36O8S10/c20-11-28-4-1-25-18(22)9-32-14-31-7-8-37(24)17-35-15-34-16-36-19(23)10-33-13-30-6-3-27-26-2-5-29-12-21/h20-21H,1-17H2. The maximum Gasteiger partial charge on any atom is 0.315 e. The van der Waals surface area contributed by atoms with E-state index in [1.165, 1.54) is 47.0 Å². The van der Waals surface area contributed by atoms with E-state index >= 15 is 0 Å². The molecular weight excluding hydrogens is 677 g/mol. The van der Waals surface area contributed by atoms with Crippen LogP contribution in [0.15, 0.2) is 0 Å². The van der Waals surface area contributed by atoms with Crippen molar-refractivity contribution in [2.75, 3.05) is 97.4 Å². The zero-order valence-electron chi connectivity index (χ0n) is 20.4. The molecule has 8 nitrogen and oxygen atoms in total. The van der Waals surface area contributed by atoms with Gasteiger partial charge in [-0.15, -0.1) is 82.3 Å². The second kappa shape index (κ2) is 32.8. The molecule has 0 radical (unpaired) electrons. The Morgan fingerprint density at radius 2 is 1.24 bits per heavy atom. The van der Waals surface area contributed by atoms with Gasteiger partial charge in [-0.05, 0) is 0 Å². The molecule has 0 aromatic heterocycles. The molecule has 2 N–H and O–H groups in total. The van der Waals surface area contributed by atoms with E-state index in [9.17, 15) is 13.8 Å². The molecule has 1 unspecified atom stereocenters. The van der Waals surface area contributed by atoms with Gasteiger partial charge in [0.25, 0.3) is 0 Å². The summed E-state index contributed by atoms with van der Waals surface area (Å²) in [6, 6.07) is 0. The lowest BCUT2D eigenvalue weighted by atomic mass is 10.8. The number of thioether (sulfide) groups is 9. The molecule has 0 aromatic carbocycles. The maximum atomic E-state index is 12.1. The molecule has 0 saturated carbocycles. The van der Waals surface area contributed by atoms with Crippen LogP contribution >= 0.6 is 106 Å². The molecule has 0 aliphatic carbocycles. The van der Waals surface area contributed by atoms with E-state index in [4.69, 9.17) is 24.7 Å². The molecule has 0 fully saturated rings. The number of esters is 1. The largest absolute Gasteiger partial charge is 0.464 e. The summed E-state index contributed by atoms with van der Waals surface area (Å²) in [4.78, 5) is 33.4. The smallest absolute Gasteiger partial charge is 0.315 e. The minimum atomic E-state index is -0.867. The summed E-state index contributed by atoms with van der Waals surface area (Å²) in [5.41, 5.74) is 0. The normalized spacial score (nSPS) is 12.1. The second-order valence-corrected chi connectivity index (χ2v) is 18.8. The van der Waals surface area contributed by atoms with Crippen molar-refractivity contribution in [3.05, 3.63) is 0 Å². The summed E-state index contributed by atoms with van der Waals surface area (Å²) in [6.45, 7) is 1.28. The lowest BCUT2D eigenvalue weighted by Crippen LogP contribution is -2.10. The van der Waals surface area contributed by atoms with Crippen molar-refractivity contribution < 1.29 is 38.5 Å². The van der Waals surface area contributed by atoms with Gasteiger partial charge in [0.15, 0.2) is 5.12 Å². The first-order valence-corrected chi connectivity index (χ1v) is 22.6. The predicted molar refractivity (Wildman–Crippen MR) is 177 cm³/mol. The molecule has 0 aliphatic heterocycles. The number of hydrogen-bond acceptors (Lipinski definition) is 17. The van der Waals surface area contributed by atoms with Crippen LogP contribution in [0.3, 0.4) is 0 Å². The Hall–Kier alpha value is 2.28. The van der Waals surface area contributed by atoms with Crippen LogP contribution in [0.2, 0.25) is 0 Å². The van der Waals surface area contributed by atoms with E-state index in [1.54, 1.807) is 58.8 Å². The zero-order chi connectivity index (χ0) is 27.2. The molecule has 0 saturated heterocycles. The number of carbonyl (C=O) groups is 2. The average Bonchev–Trinajstić information content (AvgIpc) is 2.89. The zero-order valence-corrected chi connectivity index (χ0v) is 28.6. The van der Waals surface area contributed by atoms with Crippen molar-refractivity contribution in [3.63, 3.8) is 0 Å². The van der Waals surface area contributed by atoms with E-state index in [0.29, 0.717) is 58.8 Å². The highest BCUT2D eigenvalue weighted by Gasteiger charge is 2.06. The first-order valence-electron chi connectivity index (χ1n) is 10.8. The van der Waals surface area contributed by atoms with Gasteiger partial charge in [0.05, 0.1) is 41.7 Å². The first kappa shape index (κ1) is 39.3. The predicted octanol–water partition coefficient (Wildman–Crippen LogP) is 4.04. The quantitative estimate of drug-likeness (QED) is 0.0381. The number of aliphatic hydroxyl groups excluding tert-OH is 2. The number of rotatable bonds is 29. The topological polar surface area (TPSA) is 119 Å². The molecule has 0 spiro atoms. The molecule has 18 heteroatoms. The monoisotopic (exact) mass is 712 g/mol. The molecule has 37 heavy (non-hydrogen) atoms. The van der Waals surface area contributed by atoms with Crippen molar-refractivity contribution in [2.45, 2.75) is 0 Å². The highest BCUT2D eigenvalue weighted by molar-refractivity contribution is 8.29. The third kappa shape index (κ3) is 32.7. The molecule has 0 rings (SSSR count). The third-order valence-electron chi connectivity index (χ3n) is 3.29. The van der Waals surface area contributed by atoms with Gasteiger partial charge in [0.2, 0.25) is 0 Å². The van der Waals surface area contributed by atoms with Gasteiger partial charge in [-0.1, -0.05) is 11.8 Å². The van der Waals surface area contributed by atoms with Gasteiger partial charge in [-0.25, -0.2) is 9.78 Å². The number of hydrogen-bond donors (Lipinski definition) is 2. The fraction of sp³-hybridized carbons (Fsp3) is 0.895. The Balaban J connectivity index is 3.34. The Morgan fingerprint density at radius 3 is 1.95 bits per heavy atom. The summed E-state index contributed by atoms with van der Waals surface area (Å²) in [5.74, 6) is 4.21. The van der Waals surface area contributed by atoms with Gasteiger partial charge >= 0.3 is 5.97 Å². The molecule has 0 heterocycles. The van der Waals surface area contributed by atoms with Gasteiger partial charge in [-0.3, -0.25) is 13.8 Å². The van der Waals surface area contributed by atoms with E-state index in [-0.39, 0.29) is 23.0 Å². The minimum absolute atomic E-state index is 0.0323. The van der Waals surface area contributed by atoms with Crippen molar-refractivity contribution in [1.82, 2.24) is 0 Å². The molecule has 0 aliphatic rings. The van der Waals surface area contributed by atoms with Crippen LogP contribution in [0.4, 0.5) is 0 Å². The van der Waals surface area contributed by atoms with Crippen molar-refractivity contribution >= 4 is 128 Å². The van der Waals surface area contributed by atoms with Gasteiger partial charge in [0.1, 0.15) is 6.61 Å². The van der Waals surface area contributed by atoms with Gasteiger partial charge in [-0.2, -0.15) is 11.8 Å². The minimum Gasteiger partial charge on any atom is -0.464 e. The van der Waals surface area contributed by atoms with E-state index in [0.717, 1.165) is 26.8 Å². The molecule has 0 bridgehead atoms.